The van der Waals surface area contributed by atoms with Crippen LogP contribution in [0.2, 0.25) is 0 Å². The van der Waals surface area contributed by atoms with Crippen molar-refractivity contribution >= 4 is 17.7 Å². The number of hydrogen-bond donors (Lipinski definition) is 1. The molecule has 0 unspecified atom stereocenters. The van der Waals surface area contributed by atoms with Crippen LogP contribution >= 0.6 is 11.8 Å². The van der Waals surface area contributed by atoms with E-state index in [1.807, 2.05) is 34.9 Å². The Hall–Kier alpha value is -2.60. The molecule has 134 valence electrons. The Labute approximate surface area is 157 Å². The lowest BCUT2D eigenvalue weighted by Gasteiger charge is -2.11. The minimum atomic E-state index is -0.118. The predicted octanol–water partition coefficient (Wildman–Crippen LogP) is 4.01. The molecule has 1 aromatic heterocycles. The molecule has 0 radical (unpaired) electrons. The average molecular weight is 366 g/mol. The van der Waals surface area contributed by atoms with E-state index in [-0.39, 0.29) is 5.91 Å². The van der Waals surface area contributed by atoms with Gasteiger partial charge in [-0.3, -0.25) is 9.36 Å². The number of carbonyl (C=O) groups is 1. The Morgan fingerprint density at radius 1 is 1.12 bits per heavy atom. The van der Waals surface area contributed by atoms with Crippen LogP contribution in [-0.4, -0.2) is 26.4 Å². The molecule has 0 saturated carbocycles. The largest absolute Gasteiger partial charge is 0.345 e. The van der Waals surface area contributed by atoms with Crippen molar-refractivity contribution in [1.29, 1.82) is 0 Å². The number of amides is 1. The number of benzene rings is 2. The molecule has 0 aliphatic rings. The van der Waals surface area contributed by atoms with Crippen molar-refractivity contribution in [3.63, 3.8) is 0 Å². The van der Waals surface area contributed by atoms with E-state index in [1.165, 1.54) is 5.56 Å². The standard InChI is InChI=1S/C20H22N4OS/c1-3-12-26-20-23-22-18(24(20)17-11-7-8-15(2)13-17)14-21-19(25)16-9-5-4-6-10-16/h4-11,13H,3,12,14H2,1-2H3,(H,21,25). The summed E-state index contributed by atoms with van der Waals surface area (Å²) in [7, 11) is 0. The zero-order valence-corrected chi connectivity index (χ0v) is 15.8. The minimum Gasteiger partial charge on any atom is -0.345 e. The van der Waals surface area contributed by atoms with Crippen molar-refractivity contribution < 1.29 is 4.79 Å². The smallest absolute Gasteiger partial charge is 0.251 e. The van der Waals surface area contributed by atoms with Gasteiger partial charge in [0.25, 0.3) is 5.91 Å². The summed E-state index contributed by atoms with van der Waals surface area (Å²) in [5, 5.41) is 12.4. The quantitative estimate of drug-likeness (QED) is 0.642. The summed E-state index contributed by atoms with van der Waals surface area (Å²) >= 11 is 1.68. The number of rotatable bonds is 7. The number of hydrogen-bond acceptors (Lipinski definition) is 4. The first-order valence-corrected chi connectivity index (χ1v) is 9.65. The van der Waals surface area contributed by atoms with E-state index in [9.17, 15) is 4.79 Å². The lowest BCUT2D eigenvalue weighted by Crippen LogP contribution is -2.24. The van der Waals surface area contributed by atoms with Gasteiger partial charge < -0.3 is 5.32 Å². The molecule has 1 N–H and O–H groups in total. The SMILES string of the molecule is CCCSc1nnc(CNC(=O)c2ccccc2)n1-c1cccc(C)c1. The molecule has 26 heavy (non-hydrogen) atoms. The Kier molecular flexibility index (Phi) is 6.07. The molecule has 0 saturated heterocycles. The van der Waals surface area contributed by atoms with E-state index in [1.54, 1.807) is 23.9 Å². The summed E-state index contributed by atoms with van der Waals surface area (Å²) in [6.07, 6.45) is 1.06. The van der Waals surface area contributed by atoms with E-state index >= 15 is 0 Å². The number of thioether (sulfide) groups is 1. The van der Waals surface area contributed by atoms with Gasteiger partial charge in [-0.1, -0.05) is 49.0 Å². The van der Waals surface area contributed by atoms with Gasteiger partial charge >= 0.3 is 0 Å². The maximum absolute atomic E-state index is 12.3. The van der Waals surface area contributed by atoms with Gasteiger partial charge in [0.15, 0.2) is 11.0 Å². The third kappa shape index (κ3) is 4.32. The summed E-state index contributed by atoms with van der Waals surface area (Å²) in [6, 6.07) is 17.4. The third-order valence-corrected chi connectivity index (χ3v) is 4.97. The summed E-state index contributed by atoms with van der Waals surface area (Å²) in [4.78, 5) is 12.3. The highest BCUT2D eigenvalue weighted by Crippen LogP contribution is 2.23. The van der Waals surface area contributed by atoms with E-state index in [2.05, 4.69) is 41.5 Å². The third-order valence-electron chi connectivity index (χ3n) is 3.84. The van der Waals surface area contributed by atoms with E-state index in [0.717, 1.165) is 28.8 Å². The zero-order valence-electron chi connectivity index (χ0n) is 15.0. The molecule has 6 heteroatoms. The van der Waals surface area contributed by atoms with Crippen LogP contribution in [0, 0.1) is 6.92 Å². The molecular formula is C20H22N4OS. The highest BCUT2D eigenvalue weighted by molar-refractivity contribution is 7.99. The second kappa shape index (κ2) is 8.67. The molecule has 0 spiro atoms. The molecular weight excluding hydrogens is 344 g/mol. The molecule has 1 amide bonds. The number of nitrogens with one attached hydrogen (secondary N) is 1. The molecule has 0 aliphatic carbocycles. The summed E-state index contributed by atoms with van der Waals surface area (Å²) in [5.74, 6) is 1.57. The zero-order chi connectivity index (χ0) is 18.4. The van der Waals surface area contributed by atoms with Gasteiger partial charge in [0.1, 0.15) is 0 Å². The highest BCUT2D eigenvalue weighted by Gasteiger charge is 2.15. The van der Waals surface area contributed by atoms with Crippen molar-refractivity contribution in [1.82, 2.24) is 20.1 Å². The topological polar surface area (TPSA) is 59.8 Å². The Morgan fingerprint density at radius 2 is 1.92 bits per heavy atom. The first kappa shape index (κ1) is 18.2. The molecule has 3 rings (SSSR count). The molecule has 3 aromatic rings. The van der Waals surface area contributed by atoms with Crippen molar-refractivity contribution in [3.8, 4) is 5.69 Å². The van der Waals surface area contributed by atoms with Crippen LogP contribution < -0.4 is 5.32 Å². The van der Waals surface area contributed by atoms with Crippen LogP contribution in [0.15, 0.2) is 59.8 Å². The molecule has 5 nitrogen and oxygen atoms in total. The van der Waals surface area contributed by atoms with Gasteiger partial charge in [-0.05, 0) is 43.2 Å². The lowest BCUT2D eigenvalue weighted by atomic mass is 10.2. The van der Waals surface area contributed by atoms with Crippen LogP contribution in [0.4, 0.5) is 0 Å². The van der Waals surface area contributed by atoms with E-state index < -0.39 is 0 Å². The summed E-state index contributed by atoms with van der Waals surface area (Å²) < 4.78 is 2.03. The fourth-order valence-electron chi connectivity index (χ4n) is 2.58. The Morgan fingerprint density at radius 3 is 2.65 bits per heavy atom. The maximum Gasteiger partial charge on any atom is 0.251 e. The molecule has 0 aliphatic heterocycles. The Balaban J connectivity index is 1.84. The number of aryl methyl sites for hydroxylation is 1. The van der Waals surface area contributed by atoms with Gasteiger partial charge in [-0.2, -0.15) is 0 Å². The predicted molar refractivity (Wildman–Crippen MR) is 105 cm³/mol. The fraction of sp³-hybridized carbons (Fsp3) is 0.250. The second-order valence-corrected chi connectivity index (χ2v) is 7.03. The van der Waals surface area contributed by atoms with Crippen molar-refractivity contribution in [2.75, 3.05) is 5.75 Å². The first-order chi connectivity index (χ1) is 12.7. The van der Waals surface area contributed by atoms with Crippen molar-refractivity contribution in [2.24, 2.45) is 0 Å². The molecule has 2 aromatic carbocycles. The van der Waals surface area contributed by atoms with Crippen LogP contribution in [0.5, 0.6) is 0 Å². The van der Waals surface area contributed by atoms with Gasteiger partial charge in [-0.15, -0.1) is 10.2 Å². The summed E-state index contributed by atoms with van der Waals surface area (Å²) in [5.41, 5.74) is 2.81. The van der Waals surface area contributed by atoms with Gasteiger partial charge in [0.05, 0.1) is 6.54 Å². The van der Waals surface area contributed by atoms with E-state index in [0.29, 0.717) is 12.1 Å². The fourth-order valence-corrected chi connectivity index (χ4v) is 3.40. The molecule has 0 fully saturated rings. The van der Waals surface area contributed by atoms with Gasteiger partial charge in [0.2, 0.25) is 0 Å². The van der Waals surface area contributed by atoms with Gasteiger partial charge in [0, 0.05) is 17.0 Å². The Bertz CT molecular complexity index is 877. The second-order valence-electron chi connectivity index (χ2n) is 5.97. The minimum absolute atomic E-state index is 0.118. The molecule has 1 heterocycles. The lowest BCUT2D eigenvalue weighted by molar-refractivity contribution is 0.0949. The number of aromatic nitrogens is 3. The monoisotopic (exact) mass is 366 g/mol. The van der Waals surface area contributed by atoms with Crippen LogP contribution in [0.1, 0.15) is 35.1 Å². The molecule has 0 bridgehead atoms. The van der Waals surface area contributed by atoms with Crippen LogP contribution in [-0.2, 0) is 6.54 Å². The number of nitrogens with zero attached hydrogens (tertiary/aromatic N) is 3. The molecule has 0 atom stereocenters. The summed E-state index contributed by atoms with van der Waals surface area (Å²) in [6.45, 7) is 4.52. The van der Waals surface area contributed by atoms with Crippen molar-refractivity contribution in [3.05, 3.63) is 71.5 Å². The van der Waals surface area contributed by atoms with E-state index in [4.69, 9.17) is 0 Å². The van der Waals surface area contributed by atoms with Crippen molar-refractivity contribution in [2.45, 2.75) is 32.0 Å². The normalized spacial score (nSPS) is 10.7. The maximum atomic E-state index is 12.3. The van der Waals surface area contributed by atoms with Crippen LogP contribution in [0.3, 0.4) is 0 Å². The highest BCUT2D eigenvalue weighted by atomic mass is 32.2. The first-order valence-electron chi connectivity index (χ1n) is 8.66. The van der Waals surface area contributed by atoms with Gasteiger partial charge in [-0.25, -0.2) is 0 Å². The van der Waals surface area contributed by atoms with Crippen LogP contribution in [0.25, 0.3) is 5.69 Å². The average Bonchev–Trinajstić information content (AvgIpc) is 3.08. The number of carbonyl (C=O) groups excluding carboxylic acids is 1.